The number of likely N-dealkylation sites (tertiary alicyclic amines) is 1. The number of thiazole rings is 1. The molecule has 2 heterocycles. The Bertz CT molecular complexity index is 1290. The maximum atomic E-state index is 13.2. The molecule has 37 heavy (non-hydrogen) atoms. The van der Waals surface area contributed by atoms with Gasteiger partial charge in [-0.25, -0.2) is 4.98 Å². The quantitative estimate of drug-likeness (QED) is 0.243. The second-order valence-corrected chi connectivity index (χ2v) is 10.6. The minimum atomic E-state index is -4.45. The highest BCUT2D eigenvalue weighted by Gasteiger charge is 2.30. The Morgan fingerprint density at radius 1 is 1.16 bits per heavy atom. The van der Waals surface area contributed by atoms with Gasteiger partial charge in [-0.15, -0.1) is 17.9 Å². The van der Waals surface area contributed by atoms with Gasteiger partial charge in [-0.05, 0) is 49.9 Å². The molecule has 0 atom stereocenters. The van der Waals surface area contributed by atoms with E-state index in [1.165, 1.54) is 17.4 Å². The number of aromatic nitrogens is 1. The highest BCUT2D eigenvalue weighted by molar-refractivity contribution is 7.80. The van der Waals surface area contributed by atoms with Gasteiger partial charge in [-0.3, -0.25) is 4.79 Å². The first kappa shape index (κ1) is 27.0. The molecule has 4 rings (SSSR count). The fraction of sp³-hybridized carbons (Fsp3) is 0.321. The van der Waals surface area contributed by atoms with Crippen molar-refractivity contribution in [3.05, 3.63) is 82.3 Å². The molecule has 3 aromatic rings. The lowest BCUT2D eigenvalue weighted by molar-refractivity contribution is -0.137. The Morgan fingerprint density at radius 2 is 1.89 bits per heavy atom. The maximum Gasteiger partial charge on any atom is 0.416 e. The lowest BCUT2D eigenvalue weighted by Gasteiger charge is -2.33. The van der Waals surface area contributed by atoms with Crippen molar-refractivity contribution in [1.29, 1.82) is 0 Å². The predicted octanol–water partition coefficient (Wildman–Crippen LogP) is 7.94. The first-order valence-corrected chi connectivity index (χ1v) is 13.4. The summed E-state index contributed by atoms with van der Waals surface area (Å²) in [5.41, 5.74) is 2.00. The molecule has 1 aromatic heterocycles. The van der Waals surface area contributed by atoms with Gasteiger partial charge in [0.25, 0.3) is 5.91 Å². The third-order valence-corrected chi connectivity index (χ3v) is 7.86. The molecular weight excluding hydrogens is 515 g/mol. The maximum absolute atomic E-state index is 13.2. The number of para-hydroxylation sites is 1. The summed E-state index contributed by atoms with van der Waals surface area (Å²) in [7, 11) is 0. The molecule has 194 valence electrons. The number of thiocarbonyl (C=S) groups is 1. The zero-order chi connectivity index (χ0) is 26.6. The van der Waals surface area contributed by atoms with Crippen LogP contribution >= 0.6 is 23.6 Å². The predicted molar refractivity (Wildman–Crippen MR) is 147 cm³/mol. The average Bonchev–Trinajstić information content (AvgIpc) is 3.38. The van der Waals surface area contributed by atoms with Crippen LogP contribution in [-0.4, -0.2) is 33.9 Å². The Hall–Kier alpha value is -3.04. The van der Waals surface area contributed by atoms with Crippen molar-refractivity contribution in [3.8, 4) is 11.1 Å². The number of nitrogens with one attached hydrogen (secondary N) is 1. The number of piperidine rings is 1. The van der Waals surface area contributed by atoms with E-state index in [9.17, 15) is 18.0 Å². The smallest absolute Gasteiger partial charge is 0.366 e. The highest BCUT2D eigenvalue weighted by atomic mass is 32.1. The molecule has 1 fully saturated rings. The van der Waals surface area contributed by atoms with E-state index in [1.54, 1.807) is 35.7 Å². The largest absolute Gasteiger partial charge is 0.416 e. The SMILES string of the molecule is C=C(C)CCC(=S)N1CCC(c2nc(C(=O)Nc3ccccc3-c3cccc(C(F)(F)F)c3)cs2)CC1. The van der Waals surface area contributed by atoms with E-state index in [4.69, 9.17) is 12.2 Å². The molecule has 1 amide bonds. The van der Waals surface area contributed by atoms with Gasteiger partial charge in [-0.1, -0.05) is 48.1 Å². The number of amides is 1. The molecule has 4 nitrogen and oxygen atoms in total. The minimum absolute atomic E-state index is 0.268. The second kappa shape index (κ2) is 11.6. The van der Waals surface area contributed by atoms with Gasteiger partial charge in [0, 0.05) is 42.1 Å². The Kier molecular flexibility index (Phi) is 8.44. The van der Waals surface area contributed by atoms with Gasteiger partial charge in [-0.2, -0.15) is 13.2 Å². The van der Waals surface area contributed by atoms with E-state index in [-0.39, 0.29) is 11.8 Å². The third-order valence-electron chi connectivity index (χ3n) is 6.39. The number of halogens is 3. The zero-order valence-electron chi connectivity index (χ0n) is 20.5. The van der Waals surface area contributed by atoms with E-state index >= 15 is 0 Å². The molecule has 1 saturated heterocycles. The summed E-state index contributed by atoms with van der Waals surface area (Å²) in [5.74, 6) is -0.121. The van der Waals surface area contributed by atoms with Crippen LogP contribution in [0.1, 0.15) is 59.6 Å². The fourth-order valence-corrected chi connectivity index (χ4v) is 5.58. The lowest BCUT2D eigenvalue weighted by Crippen LogP contribution is -2.36. The topological polar surface area (TPSA) is 45.2 Å². The van der Waals surface area contributed by atoms with Gasteiger partial charge in [0.05, 0.1) is 15.6 Å². The van der Waals surface area contributed by atoms with Crippen molar-refractivity contribution in [3.63, 3.8) is 0 Å². The summed E-state index contributed by atoms with van der Waals surface area (Å²) in [4.78, 5) is 20.8. The summed E-state index contributed by atoms with van der Waals surface area (Å²) in [6, 6.07) is 11.9. The third kappa shape index (κ3) is 6.84. The number of rotatable bonds is 7. The normalized spacial score (nSPS) is 14.4. The molecule has 0 aliphatic carbocycles. The van der Waals surface area contributed by atoms with Crippen molar-refractivity contribution in [1.82, 2.24) is 9.88 Å². The molecule has 1 aliphatic rings. The van der Waals surface area contributed by atoms with Crippen LogP contribution in [0.4, 0.5) is 18.9 Å². The average molecular weight is 544 g/mol. The molecule has 2 aromatic carbocycles. The van der Waals surface area contributed by atoms with E-state index in [0.717, 1.165) is 66.5 Å². The Morgan fingerprint density at radius 3 is 2.59 bits per heavy atom. The van der Waals surface area contributed by atoms with Crippen LogP contribution in [0.2, 0.25) is 0 Å². The van der Waals surface area contributed by atoms with Gasteiger partial charge in [0.1, 0.15) is 5.69 Å². The number of carbonyl (C=O) groups excluding carboxylic acids is 1. The number of benzene rings is 2. The number of alkyl halides is 3. The van der Waals surface area contributed by atoms with E-state index in [1.807, 2.05) is 6.92 Å². The van der Waals surface area contributed by atoms with Crippen LogP contribution in [0.15, 0.2) is 66.1 Å². The summed E-state index contributed by atoms with van der Waals surface area (Å²) >= 11 is 7.05. The number of anilines is 1. The zero-order valence-corrected chi connectivity index (χ0v) is 22.1. The number of carbonyl (C=O) groups is 1. The van der Waals surface area contributed by atoms with Crippen molar-refractivity contribution in [2.75, 3.05) is 18.4 Å². The van der Waals surface area contributed by atoms with Crippen molar-refractivity contribution >= 4 is 40.1 Å². The molecule has 0 unspecified atom stereocenters. The van der Waals surface area contributed by atoms with Crippen LogP contribution < -0.4 is 5.32 Å². The summed E-state index contributed by atoms with van der Waals surface area (Å²) in [5, 5.41) is 5.49. The van der Waals surface area contributed by atoms with Crippen LogP contribution in [-0.2, 0) is 6.18 Å². The number of hydrogen-bond donors (Lipinski definition) is 1. The Labute approximate surface area is 224 Å². The van der Waals surface area contributed by atoms with Crippen molar-refractivity contribution in [2.45, 2.75) is 44.7 Å². The first-order chi connectivity index (χ1) is 17.6. The van der Waals surface area contributed by atoms with E-state index < -0.39 is 11.7 Å². The first-order valence-electron chi connectivity index (χ1n) is 12.1. The summed E-state index contributed by atoms with van der Waals surface area (Å²) in [6.45, 7) is 7.68. The highest BCUT2D eigenvalue weighted by Crippen LogP contribution is 2.35. The molecule has 1 aliphatic heterocycles. The Balaban J connectivity index is 1.42. The number of allylic oxidation sites excluding steroid dienone is 1. The molecule has 1 N–H and O–H groups in total. The monoisotopic (exact) mass is 543 g/mol. The number of nitrogens with zero attached hydrogens (tertiary/aromatic N) is 2. The van der Waals surface area contributed by atoms with E-state index in [2.05, 4.69) is 21.8 Å². The van der Waals surface area contributed by atoms with Crippen LogP contribution in [0, 0.1) is 0 Å². The molecule has 0 bridgehead atoms. The molecule has 0 radical (unpaired) electrons. The fourth-order valence-electron chi connectivity index (χ4n) is 4.33. The number of hydrogen-bond acceptors (Lipinski definition) is 4. The van der Waals surface area contributed by atoms with Gasteiger partial charge in [0.2, 0.25) is 0 Å². The van der Waals surface area contributed by atoms with Gasteiger partial charge in [0.15, 0.2) is 0 Å². The van der Waals surface area contributed by atoms with Crippen LogP contribution in [0.3, 0.4) is 0 Å². The lowest BCUT2D eigenvalue weighted by atomic mass is 9.97. The van der Waals surface area contributed by atoms with Gasteiger partial charge < -0.3 is 10.2 Å². The molecular formula is C28H28F3N3OS2. The van der Waals surface area contributed by atoms with Crippen LogP contribution in [0.25, 0.3) is 11.1 Å². The van der Waals surface area contributed by atoms with E-state index in [0.29, 0.717) is 22.5 Å². The van der Waals surface area contributed by atoms with Crippen LogP contribution in [0.5, 0.6) is 0 Å². The summed E-state index contributed by atoms with van der Waals surface area (Å²) < 4.78 is 39.6. The standard InChI is InChI=1S/C28H28F3N3OS2/c1-18(2)10-11-25(36)34-14-12-19(13-15-34)27-33-24(17-37-27)26(35)32-23-9-4-3-8-22(23)20-6-5-7-21(16-20)28(29,30)31/h3-9,16-17,19H,1,10-15H2,2H3,(H,32,35). The van der Waals surface area contributed by atoms with Crippen molar-refractivity contribution < 1.29 is 18.0 Å². The van der Waals surface area contributed by atoms with Gasteiger partial charge >= 0.3 is 6.18 Å². The summed E-state index contributed by atoms with van der Waals surface area (Å²) in [6.07, 6.45) is -0.864. The minimum Gasteiger partial charge on any atom is -0.366 e. The molecule has 0 saturated carbocycles. The molecule has 0 spiro atoms. The molecule has 9 heteroatoms. The second-order valence-electron chi connectivity index (χ2n) is 9.26. The van der Waals surface area contributed by atoms with Crippen molar-refractivity contribution in [2.24, 2.45) is 0 Å².